The molecule has 1 aromatic carbocycles. The van der Waals surface area contributed by atoms with Crippen LogP contribution in [0.25, 0.3) is 11.3 Å². The second-order valence-electron chi connectivity index (χ2n) is 3.92. The highest BCUT2D eigenvalue weighted by atomic mass is 16.6. The first-order valence-corrected chi connectivity index (χ1v) is 5.73. The Morgan fingerprint density at radius 1 is 1.19 bits per heavy atom. The molecule has 0 bridgehead atoms. The number of anilines is 2. The molecule has 0 radical (unpaired) electrons. The monoisotopic (exact) mass is 288 g/mol. The van der Waals surface area contributed by atoms with Crippen LogP contribution < -0.4 is 10.1 Å². The van der Waals surface area contributed by atoms with E-state index < -0.39 is 4.92 Å². The van der Waals surface area contributed by atoms with Crippen LogP contribution in [-0.2, 0) is 0 Å². The molecule has 0 fully saturated rings. The lowest BCUT2D eigenvalue weighted by atomic mass is 10.3. The van der Waals surface area contributed by atoms with Crippen LogP contribution >= 0.6 is 0 Å². The predicted octanol–water partition coefficient (Wildman–Crippen LogP) is 1.67. The number of hydrogen-bond donors (Lipinski definition) is 1. The lowest BCUT2D eigenvalue weighted by molar-refractivity contribution is -0.384. The summed E-state index contributed by atoms with van der Waals surface area (Å²) < 4.78 is 9.63. The molecule has 0 spiro atoms. The quantitative estimate of drug-likeness (QED) is 0.562. The number of aromatic nitrogens is 4. The van der Waals surface area contributed by atoms with Crippen LogP contribution in [0.3, 0.4) is 0 Å². The lowest BCUT2D eigenvalue weighted by Gasteiger charge is -2.08. The molecule has 0 unspecified atom stereocenters. The van der Waals surface area contributed by atoms with E-state index in [1.165, 1.54) is 19.2 Å². The topological polar surface area (TPSA) is 129 Å². The lowest BCUT2D eigenvalue weighted by Crippen LogP contribution is -2.00. The minimum absolute atomic E-state index is 0.00486. The van der Waals surface area contributed by atoms with Crippen LogP contribution in [0.4, 0.5) is 17.2 Å². The molecule has 0 saturated heterocycles. The summed E-state index contributed by atoms with van der Waals surface area (Å²) >= 11 is 0. The molecular formula is C11H8N6O4. The number of methoxy groups -OCH3 is 1. The first-order chi connectivity index (χ1) is 10.2. The number of nitrogens with zero attached hydrogens (tertiary/aromatic N) is 5. The maximum Gasteiger partial charge on any atom is 0.269 e. The molecule has 3 aromatic rings. The molecule has 21 heavy (non-hydrogen) atoms. The van der Waals surface area contributed by atoms with Crippen molar-refractivity contribution in [2.24, 2.45) is 0 Å². The Balaban J connectivity index is 1.94. The van der Waals surface area contributed by atoms with Gasteiger partial charge in [-0.1, -0.05) is 0 Å². The number of benzene rings is 1. The largest absolute Gasteiger partial charge is 0.478 e. The first kappa shape index (κ1) is 12.7. The zero-order valence-electron chi connectivity index (χ0n) is 10.7. The van der Waals surface area contributed by atoms with Crippen molar-refractivity contribution in [3.63, 3.8) is 0 Å². The number of rotatable bonds is 4. The Bertz CT molecular complexity index is 800. The van der Waals surface area contributed by atoms with Gasteiger partial charge in [0.05, 0.1) is 12.0 Å². The number of hydrogen-bond acceptors (Lipinski definition) is 9. The zero-order valence-corrected chi connectivity index (χ0v) is 10.7. The minimum atomic E-state index is -0.475. The summed E-state index contributed by atoms with van der Waals surface area (Å²) in [6.45, 7) is 0. The van der Waals surface area contributed by atoms with E-state index in [4.69, 9.17) is 4.74 Å². The molecule has 0 aliphatic carbocycles. The molecule has 0 aliphatic rings. The fraction of sp³-hybridized carbons (Fsp3) is 0.0909. The fourth-order valence-corrected chi connectivity index (χ4v) is 1.65. The molecule has 10 heteroatoms. The molecule has 106 valence electrons. The van der Waals surface area contributed by atoms with Gasteiger partial charge in [-0.25, -0.2) is 4.63 Å². The van der Waals surface area contributed by atoms with E-state index in [1.54, 1.807) is 12.1 Å². The van der Waals surface area contributed by atoms with Crippen molar-refractivity contribution in [3.05, 3.63) is 34.4 Å². The van der Waals surface area contributed by atoms with Gasteiger partial charge in [0.15, 0.2) is 5.82 Å². The zero-order chi connectivity index (χ0) is 14.8. The molecule has 0 saturated carbocycles. The van der Waals surface area contributed by atoms with Gasteiger partial charge in [0.2, 0.25) is 11.3 Å². The SMILES string of the molecule is COc1nc2nonc2nc1Nc1ccc([N+](=O)[O-])cc1. The van der Waals surface area contributed by atoms with Gasteiger partial charge < -0.3 is 10.1 Å². The van der Waals surface area contributed by atoms with Crippen molar-refractivity contribution in [1.29, 1.82) is 0 Å². The van der Waals surface area contributed by atoms with Crippen LogP contribution in [0.15, 0.2) is 28.9 Å². The highest BCUT2D eigenvalue weighted by Gasteiger charge is 2.13. The van der Waals surface area contributed by atoms with E-state index in [0.717, 1.165) is 0 Å². The van der Waals surface area contributed by atoms with Crippen LogP contribution in [0.2, 0.25) is 0 Å². The Morgan fingerprint density at radius 2 is 1.86 bits per heavy atom. The first-order valence-electron chi connectivity index (χ1n) is 5.73. The number of nitro benzene ring substituents is 1. The van der Waals surface area contributed by atoms with E-state index in [1.807, 2.05) is 0 Å². The Kier molecular flexibility index (Phi) is 3.03. The smallest absolute Gasteiger partial charge is 0.269 e. The van der Waals surface area contributed by atoms with E-state index in [2.05, 4.69) is 30.2 Å². The van der Waals surface area contributed by atoms with Crippen LogP contribution in [0.1, 0.15) is 0 Å². The molecule has 1 N–H and O–H groups in total. The summed E-state index contributed by atoms with van der Waals surface area (Å²) in [6.07, 6.45) is 0. The van der Waals surface area contributed by atoms with E-state index in [9.17, 15) is 10.1 Å². The van der Waals surface area contributed by atoms with Gasteiger partial charge in [0.25, 0.3) is 11.6 Å². The Morgan fingerprint density at radius 3 is 2.48 bits per heavy atom. The van der Waals surface area contributed by atoms with Gasteiger partial charge >= 0.3 is 0 Å². The summed E-state index contributed by atoms with van der Waals surface area (Å²) in [5, 5.41) is 20.7. The van der Waals surface area contributed by atoms with Crippen molar-refractivity contribution in [2.45, 2.75) is 0 Å². The summed E-state index contributed by atoms with van der Waals surface area (Å²) in [6, 6.07) is 5.84. The molecule has 2 heterocycles. The third-order valence-corrected chi connectivity index (χ3v) is 2.62. The molecule has 2 aromatic heterocycles. The van der Waals surface area contributed by atoms with E-state index in [-0.39, 0.29) is 22.9 Å². The maximum atomic E-state index is 10.6. The molecule has 0 atom stereocenters. The third-order valence-electron chi connectivity index (χ3n) is 2.62. The number of non-ortho nitro benzene ring substituents is 1. The minimum Gasteiger partial charge on any atom is -0.478 e. The van der Waals surface area contributed by atoms with Crippen molar-refractivity contribution >= 4 is 28.5 Å². The fourth-order valence-electron chi connectivity index (χ4n) is 1.65. The number of ether oxygens (including phenoxy) is 1. The van der Waals surface area contributed by atoms with E-state index in [0.29, 0.717) is 11.5 Å². The number of nitrogens with one attached hydrogen (secondary N) is 1. The van der Waals surface area contributed by atoms with Crippen molar-refractivity contribution in [2.75, 3.05) is 12.4 Å². The standard InChI is InChI=1S/C11H8N6O4/c1-20-11-10(13-8-9(14-11)16-21-15-8)12-6-2-4-7(5-3-6)17(18)19/h2-5H,1H3,(H,12,13,15). The van der Waals surface area contributed by atoms with Gasteiger partial charge in [-0.3, -0.25) is 10.1 Å². The number of fused-ring (bicyclic) bond motifs is 1. The Hall–Kier alpha value is -3.30. The molecule has 0 amide bonds. The predicted molar refractivity (Wildman–Crippen MR) is 70.3 cm³/mol. The van der Waals surface area contributed by atoms with E-state index >= 15 is 0 Å². The summed E-state index contributed by atoms with van der Waals surface area (Å²) in [5.74, 6) is 0.506. The second kappa shape index (κ2) is 5.00. The van der Waals surface area contributed by atoms with Gasteiger partial charge in [-0.2, -0.15) is 9.97 Å². The highest BCUT2D eigenvalue weighted by molar-refractivity contribution is 5.71. The Labute approximate surface area is 116 Å². The van der Waals surface area contributed by atoms with Crippen molar-refractivity contribution < 1.29 is 14.3 Å². The number of nitro groups is 1. The highest BCUT2D eigenvalue weighted by Crippen LogP contribution is 2.26. The average Bonchev–Trinajstić information content (AvgIpc) is 2.94. The maximum absolute atomic E-state index is 10.6. The third kappa shape index (κ3) is 2.41. The molecular weight excluding hydrogens is 280 g/mol. The van der Waals surface area contributed by atoms with Crippen LogP contribution in [0, 0.1) is 10.1 Å². The van der Waals surface area contributed by atoms with Gasteiger partial charge in [-0.05, 0) is 22.4 Å². The van der Waals surface area contributed by atoms with Gasteiger partial charge in [-0.15, -0.1) is 0 Å². The second-order valence-corrected chi connectivity index (χ2v) is 3.92. The average molecular weight is 288 g/mol. The van der Waals surface area contributed by atoms with Gasteiger partial charge in [0.1, 0.15) is 0 Å². The molecule has 3 rings (SSSR count). The van der Waals surface area contributed by atoms with Crippen molar-refractivity contribution in [1.82, 2.24) is 20.3 Å². The summed E-state index contributed by atoms with van der Waals surface area (Å²) in [4.78, 5) is 18.4. The molecule has 10 nitrogen and oxygen atoms in total. The van der Waals surface area contributed by atoms with Gasteiger partial charge in [0, 0.05) is 17.8 Å². The van der Waals surface area contributed by atoms with Crippen LogP contribution in [0.5, 0.6) is 5.88 Å². The normalized spacial score (nSPS) is 10.5. The molecule has 0 aliphatic heterocycles. The summed E-state index contributed by atoms with van der Waals surface area (Å²) in [7, 11) is 1.43. The summed E-state index contributed by atoms with van der Waals surface area (Å²) in [5.41, 5.74) is 1.03. The van der Waals surface area contributed by atoms with Crippen LogP contribution in [-0.4, -0.2) is 32.3 Å². The van der Waals surface area contributed by atoms with Crippen molar-refractivity contribution in [3.8, 4) is 5.88 Å².